The van der Waals surface area contributed by atoms with Crippen molar-refractivity contribution in [1.82, 2.24) is 0 Å². The van der Waals surface area contributed by atoms with Crippen LogP contribution in [0.3, 0.4) is 0 Å². The molecule has 0 saturated heterocycles. The number of allylic oxidation sites excluding steroid dienone is 6. The van der Waals surface area contributed by atoms with Gasteiger partial charge in [0.05, 0.1) is 0 Å². The third kappa shape index (κ3) is 8.96. The fourth-order valence-corrected chi connectivity index (χ4v) is 3.04. The zero-order valence-electron chi connectivity index (χ0n) is 14.4. The summed E-state index contributed by atoms with van der Waals surface area (Å²) >= 11 is 0. The number of rotatable bonds is 12. The highest BCUT2D eigenvalue weighted by Crippen LogP contribution is 2.30. The van der Waals surface area contributed by atoms with Gasteiger partial charge in [-0.25, -0.2) is 0 Å². The molecule has 0 nitrogen and oxygen atoms in total. The summed E-state index contributed by atoms with van der Waals surface area (Å²) in [6.45, 7) is 4.55. The molecular formula is C21H36. The molecule has 0 spiro atoms. The summed E-state index contributed by atoms with van der Waals surface area (Å²) in [4.78, 5) is 0. The first-order valence-corrected chi connectivity index (χ1v) is 9.36. The molecule has 1 aliphatic rings. The Labute approximate surface area is 133 Å². The third-order valence-electron chi connectivity index (χ3n) is 4.50. The van der Waals surface area contributed by atoms with Crippen molar-refractivity contribution >= 4 is 0 Å². The van der Waals surface area contributed by atoms with Crippen molar-refractivity contribution in [2.24, 2.45) is 11.8 Å². The van der Waals surface area contributed by atoms with E-state index in [0.717, 1.165) is 5.92 Å². The molecule has 0 fully saturated rings. The van der Waals surface area contributed by atoms with E-state index in [9.17, 15) is 0 Å². The molecule has 0 saturated carbocycles. The second-order valence-corrected chi connectivity index (χ2v) is 6.48. The number of hydrogen-bond acceptors (Lipinski definition) is 0. The summed E-state index contributed by atoms with van der Waals surface area (Å²) in [7, 11) is 0. The fourth-order valence-electron chi connectivity index (χ4n) is 3.04. The Kier molecular flexibility index (Phi) is 11.2. The molecule has 0 amide bonds. The molecule has 0 bridgehead atoms. The van der Waals surface area contributed by atoms with Gasteiger partial charge in [-0.15, -0.1) is 0 Å². The van der Waals surface area contributed by atoms with Crippen molar-refractivity contribution in [1.29, 1.82) is 0 Å². The van der Waals surface area contributed by atoms with Crippen molar-refractivity contribution in [3.05, 3.63) is 36.5 Å². The molecule has 120 valence electrons. The van der Waals surface area contributed by atoms with Crippen molar-refractivity contribution in [2.75, 3.05) is 0 Å². The van der Waals surface area contributed by atoms with Gasteiger partial charge in [0, 0.05) is 0 Å². The highest BCUT2D eigenvalue weighted by atomic mass is 14.2. The zero-order valence-corrected chi connectivity index (χ0v) is 14.4. The van der Waals surface area contributed by atoms with E-state index >= 15 is 0 Å². The molecule has 0 N–H and O–H groups in total. The second kappa shape index (κ2) is 12.9. The standard InChI is InChI=1S/C21H36/c1-3-5-7-9-11-13-16-20-18-15-19-21(20)17-14-12-10-8-6-4-2/h11,13-15,17,19-21H,3-10,12,16,18H2,1-2H3/t20-,21-/m0/s1. The van der Waals surface area contributed by atoms with Crippen LogP contribution in [0.4, 0.5) is 0 Å². The van der Waals surface area contributed by atoms with Crippen LogP contribution < -0.4 is 0 Å². The second-order valence-electron chi connectivity index (χ2n) is 6.48. The van der Waals surface area contributed by atoms with Gasteiger partial charge in [0.25, 0.3) is 0 Å². The Morgan fingerprint density at radius 2 is 1.57 bits per heavy atom. The normalized spacial score (nSPS) is 22.0. The highest BCUT2D eigenvalue weighted by Gasteiger charge is 2.18. The monoisotopic (exact) mass is 288 g/mol. The van der Waals surface area contributed by atoms with Gasteiger partial charge >= 0.3 is 0 Å². The average molecular weight is 289 g/mol. The molecular weight excluding hydrogens is 252 g/mol. The van der Waals surface area contributed by atoms with Crippen LogP contribution in [-0.2, 0) is 0 Å². The largest absolute Gasteiger partial charge is 0.0885 e. The van der Waals surface area contributed by atoms with Crippen LogP contribution in [0.2, 0.25) is 0 Å². The summed E-state index contributed by atoms with van der Waals surface area (Å²) in [6, 6.07) is 0. The lowest BCUT2D eigenvalue weighted by atomic mass is 9.91. The number of unbranched alkanes of at least 4 members (excludes halogenated alkanes) is 7. The topological polar surface area (TPSA) is 0 Å². The summed E-state index contributed by atoms with van der Waals surface area (Å²) in [5, 5.41) is 0. The first kappa shape index (κ1) is 18.3. The Balaban J connectivity index is 2.15. The van der Waals surface area contributed by atoms with Crippen molar-refractivity contribution in [3.8, 4) is 0 Å². The van der Waals surface area contributed by atoms with Gasteiger partial charge in [0.15, 0.2) is 0 Å². The van der Waals surface area contributed by atoms with E-state index in [0.29, 0.717) is 5.92 Å². The van der Waals surface area contributed by atoms with Gasteiger partial charge < -0.3 is 0 Å². The highest BCUT2D eigenvalue weighted by molar-refractivity contribution is 5.11. The molecule has 0 aromatic carbocycles. The van der Waals surface area contributed by atoms with Crippen LogP contribution in [0.5, 0.6) is 0 Å². The smallest absolute Gasteiger partial charge is 0.00193 e. The summed E-state index contributed by atoms with van der Waals surface area (Å²) in [5.74, 6) is 1.51. The quantitative estimate of drug-likeness (QED) is 0.262. The van der Waals surface area contributed by atoms with Crippen LogP contribution in [-0.4, -0.2) is 0 Å². The Hall–Kier alpha value is -0.780. The van der Waals surface area contributed by atoms with E-state index in [-0.39, 0.29) is 0 Å². The molecule has 0 aromatic rings. The SMILES string of the molecule is CCCCCC=CC[C@H]1CC=C[C@@H]1C=CCCCCCC. The van der Waals surface area contributed by atoms with E-state index in [4.69, 9.17) is 0 Å². The van der Waals surface area contributed by atoms with Crippen molar-refractivity contribution in [3.63, 3.8) is 0 Å². The maximum Gasteiger partial charge on any atom is -0.00193 e. The van der Waals surface area contributed by atoms with Gasteiger partial charge in [-0.2, -0.15) is 0 Å². The molecule has 0 radical (unpaired) electrons. The Morgan fingerprint density at radius 3 is 2.38 bits per heavy atom. The first-order valence-electron chi connectivity index (χ1n) is 9.36. The predicted molar refractivity (Wildman–Crippen MR) is 96.5 cm³/mol. The third-order valence-corrected chi connectivity index (χ3v) is 4.50. The van der Waals surface area contributed by atoms with E-state index in [1.54, 1.807) is 0 Å². The predicted octanol–water partition coefficient (Wildman–Crippen LogP) is 7.23. The van der Waals surface area contributed by atoms with Crippen LogP contribution in [0, 0.1) is 11.8 Å². The lowest BCUT2D eigenvalue weighted by molar-refractivity contribution is 0.492. The van der Waals surface area contributed by atoms with Crippen LogP contribution >= 0.6 is 0 Å². The Bertz CT molecular complexity index is 308. The van der Waals surface area contributed by atoms with Gasteiger partial charge in [-0.1, -0.05) is 82.4 Å². The maximum absolute atomic E-state index is 2.46. The molecule has 0 aliphatic heterocycles. The van der Waals surface area contributed by atoms with Gasteiger partial charge in [-0.05, 0) is 50.4 Å². The lowest BCUT2D eigenvalue weighted by Crippen LogP contribution is -2.04. The molecule has 1 aliphatic carbocycles. The van der Waals surface area contributed by atoms with E-state index in [2.05, 4.69) is 50.3 Å². The van der Waals surface area contributed by atoms with Crippen LogP contribution in [0.1, 0.15) is 84.5 Å². The summed E-state index contributed by atoms with van der Waals surface area (Å²) in [5.41, 5.74) is 0. The maximum atomic E-state index is 2.46. The van der Waals surface area contributed by atoms with Crippen molar-refractivity contribution in [2.45, 2.75) is 84.5 Å². The zero-order chi connectivity index (χ0) is 15.2. The Morgan fingerprint density at radius 1 is 0.857 bits per heavy atom. The average Bonchev–Trinajstić information content (AvgIpc) is 2.94. The van der Waals surface area contributed by atoms with E-state index < -0.39 is 0 Å². The first-order chi connectivity index (χ1) is 10.4. The minimum atomic E-state index is 0.691. The molecule has 1 rings (SSSR count). The summed E-state index contributed by atoms with van der Waals surface area (Å²) < 4.78 is 0. The molecule has 0 heteroatoms. The van der Waals surface area contributed by atoms with Crippen LogP contribution in [0.25, 0.3) is 0 Å². The molecule has 21 heavy (non-hydrogen) atoms. The summed E-state index contributed by atoms with van der Waals surface area (Å²) in [6.07, 6.45) is 29.1. The molecule has 0 unspecified atom stereocenters. The van der Waals surface area contributed by atoms with E-state index in [1.807, 2.05) is 0 Å². The minimum Gasteiger partial charge on any atom is -0.0885 e. The molecule has 0 aromatic heterocycles. The molecule has 0 heterocycles. The van der Waals surface area contributed by atoms with Gasteiger partial charge in [0.2, 0.25) is 0 Å². The van der Waals surface area contributed by atoms with Gasteiger partial charge in [-0.3, -0.25) is 0 Å². The van der Waals surface area contributed by atoms with Crippen LogP contribution in [0.15, 0.2) is 36.5 Å². The fraction of sp³-hybridized carbons (Fsp3) is 0.714. The minimum absolute atomic E-state index is 0.691. The van der Waals surface area contributed by atoms with Crippen molar-refractivity contribution < 1.29 is 0 Å². The lowest BCUT2D eigenvalue weighted by Gasteiger charge is -2.13. The number of hydrogen-bond donors (Lipinski definition) is 0. The van der Waals surface area contributed by atoms with E-state index in [1.165, 1.54) is 70.6 Å². The van der Waals surface area contributed by atoms with Gasteiger partial charge in [0.1, 0.15) is 0 Å². The molecule has 2 atom stereocenters.